The molecule has 0 aliphatic heterocycles. The van der Waals surface area contributed by atoms with Crippen LogP contribution in [-0.2, 0) is 10.3 Å². The molecule has 4 heteroatoms. The van der Waals surface area contributed by atoms with Gasteiger partial charge in [0.25, 0.3) is 0 Å². The van der Waals surface area contributed by atoms with Crippen LogP contribution >= 0.6 is 0 Å². The Morgan fingerprint density at radius 3 is 1.68 bits per heavy atom. The summed E-state index contributed by atoms with van der Waals surface area (Å²) in [7, 11) is 3.29. The smallest absolute Gasteiger partial charge is 0.150 e. The fourth-order valence-corrected chi connectivity index (χ4v) is 3.48. The van der Waals surface area contributed by atoms with Gasteiger partial charge < -0.3 is 19.3 Å². The standard InChI is InChI=1S/C24H26O4/c1-18(25)17-28-24(19-11-5-4-6-12-19,20-13-7-9-15-22(20)26-2)21-14-8-10-16-23(21)27-3/h4-16,18,25H,17H2,1-3H3. The molecule has 1 atom stereocenters. The first-order valence-corrected chi connectivity index (χ1v) is 9.28. The van der Waals surface area contributed by atoms with Gasteiger partial charge in [-0.25, -0.2) is 0 Å². The number of hydrogen-bond acceptors (Lipinski definition) is 4. The molecule has 0 fully saturated rings. The Labute approximate surface area is 166 Å². The van der Waals surface area contributed by atoms with Crippen molar-refractivity contribution in [1.82, 2.24) is 0 Å². The summed E-state index contributed by atoms with van der Waals surface area (Å²) < 4.78 is 17.9. The van der Waals surface area contributed by atoms with Crippen molar-refractivity contribution in [2.75, 3.05) is 20.8 Å². The van der Waals surface area contributed by atoms with Gasteiger partial charge in [0.2, 0.25) is 0 Å². The lowest BCUT2D eigenvalue weighted by molar-refractivity contribution is -0.0344. The van der Waals surface area contributed by atoms with Crippen molar-refractivity contribution in [3.8, 4) is 11.5 Å². The monoisotopic (exact) mass is 378 g/mol. The Hall–Kier alpha value is -2.82. The third kappa shape index (κ3) is 3.75. The summed E-state index contributed by atoms with van der Waals surface area (Å²) in [6, 6.07) is 25.5. The van der Waals surface area contributed by atoms with Crippen molar-refractivity contribution in [1.29, 1.82) is 0 Å². The van der Waals surface area contributed by atoms with Gasteiger partial charge in [0, 0.05) is 11.1 Å². The van der Waals surface area contributed by atoms with E-state index < -0.39 is 11.7 Å². The molecule has 0 aliphatic rings. The van der Waals surface area contributed by atoms with Gasteiger partial charge in [-0.1, -0.05) is 66.7 Å². The van der Waals surface area contributed by atoms with Crippen molar-refractivity contribution in [2.24, 2.45) is 0 Å². The van der Waals surface area contributed by atoms with Crippen molar-refractivity contribution in [2.45, 2.75) is 18.6 Å². The molecular weight excluding hydrogens is 352 g/mol. The lowest BCUT2D eigenvalue weighted by Gasteiger charge is -2.37. The highest BCUT2D eigenvalue weighted by Crippen LogP contribution is 2.47. The third-order valence-electron chi connectivity index (χ3n) is 4.69. The Kier molecular flexibility index (Phi) is 6.34. The van der Waals surface area contributed by atoms with Crippen LogP contribution in [0.25, 0.3) is 0 Å². The van der Waals surface area contributed by atoms with Gasteiger partial charge in [0.1, 0.15) is 11.5 Å². The van der Waals surface area contributed by atoms with Crippen LogP contribution in [0.5, 0.6) is 11.5 Å². The second-order valence-electron chi connectivity index (χ2n) is 6.61. The average Bonchev–Trinajstić information content (AvgIpc) is 2.75. The summed E-state index contributed by atoms with van der Waals surface area (Å²) in [5.41, 5.74) is 1.59. The van der Waals surface area contributed by atoms with Gasteiger partial charge >= 0.3 is 0 Å². The molecule has 4 nitrogen and oxygen atoms in total. The molecule has 1 N–H and O–H groups in total. The van der Waals surface area contributed by atoms with E-state index in [0.717, 1.165) is 16.7 Å². The molecule has 0 amide bonds. The van der Waals surface area contributed by atoms with Crippen LogP contribution in [0.2, 0.25) is 0 Å². The minimum Gasteiger partial charge on any atom is -0.496 e. The molecule has 146 valence electrons. The molecule has 0 aromatic heterocycles. The SMILES string of the molecule is COc1ccccc1C(OCC(C)O)(c1ccccc1)c1ccccc1OC. The third-order valence-corrected chi connectivity index (χ3v) is 4.69. The van der Waals surface area contributed by atoms with Gasteiger partial charge in [0.15, 0.2) is 5.60 Å². The molecule has 0 saturated heterocycles. The molecule has 0 saturated carbocycles. The number of methoxy groups -OCH3 is 2. The Morgan fingerprint density at radius 2 is 1.21 bits per heavy atom. The predicted molar refractivity (Wildman–Crippen MR) is 110 cm³/mol. The van der Waals surface area contributed by atoms with Crippen LogP contribution in [0.3, 0.4) is 0 Å². The number of benzene rings is 3. The van der Waals surface area contributed by atoms with Crippen LogP contribution in [0.15, 0.2) is 78.9 Å². The maximum absolute atomic E-state index is 10.0. The molecule has 28 heavy (non-hydrogen) atoms. The van der Waals surface area contributed by atoms with E-state index in [1.807, 2.05) is 78.9 Å². The number of ether oxygens (including phenoxy) is 3. The van der Waals surface area contributed by atoms with Gasteiger partial charge in [0.05, 0.1) is 26.9 Å². The minimum atomic E-state index is -1.02. The van der Waals surface area contributed by atoms with Crippen LogP contribution in [0.1, 0.15) is 23.6 Å². The zero-order chi connectivity index (χ0) is 20.0. The number of aliphatic hydroxyl groups is 1. The first kappa shape index (κ1) is 19.9. The van der Waals surface area contributed by atoms with E-state index >= 15 is 0 Å². The summed E-state index contributed by atoms with van der Waals surface area (Å²) in [5.74, 6) is 1.39. The van der Waals surface area contributed by atoms with E-state index in [4.69, 9.17) is 14.2 Å². The highest BCUT2D eigenvalue weighted by atomic mass is 16.5. The van der Waals surface area contributed by atoms with Crippen LogP contribution in [-0.4, -0.2) is 32.0 Å². The predicted octanol–water partition coefficient (Wildman–Crippen LogP) is 4.39. The highest BCUT2D eigenvalue weighted by molar-refractivity contribution is 5.56. The molecule has 0 radical (unpaired) electrons. The van der Waals surface area contributed by atoms with E-state index in [1.165, 1.54) is 0 Å². The van der Waals surface area contributed by atoms with Gasteiger partial charge in [-0.3, -0.25) is 0 Å². The molecule has 0 aliphatic carbocycles. The molecule has 1 unspecified atom stereocenters. The maximum Gasteiger partial charge on any atom is 0.150 e. The average molecular weight is 378 g/mol. The van der Waals surface area contributed by atoms with E-state index in [1.54, 1.807) is 21.1 Å². The summed E-state index contributed by atoms with van der Waals surface area (Å²) in [6.45, 7) is 1.85. The number of hydrogen-bond donors (Lipinski definition) is 1. The fourth-order valence-electron chi connectivity index (χ4n) is 3.48. The molecule has 3 rings (SSSR count). The van der Waals surface area contributed by atoms with E-state index in [-0.39, 0.29) is 6.61 Å². The van der Waals surface area contributed by atoms with Crippen molar-refractivity contribution < 1.29 is 19.3 Å². The van der Waals surface area contributed by atoms with Crippen molar-refractivity contribution >= 4 is 0 Å². The molecule has 3 aromatic carbocycles. The second kappa shape index (κ2) is 8.91. The minimum absolute atomic E-state index is 0.144. The van der Waals surface area contributed by atoms with E-state index in [0.29, 0.717) is 11.5 Å². The highest BCUT2D eigenvalue weighted by Gasteiger charge is 2.42. The fraction of sp³-hybridized carbons (Fsp3) is 0.250. The van der Waals surface area contributed by atoms with E-state index in [9.17, 15) is 5.11 Å². The van der Waals surface area contributed by atoms with Gasteiger partial charge in [-0.15, -0.1) is 0 Å². The summed E-state index contributed by atoms with van der Waals surface area (Å²) in [4.78, 5) is 0. The zero-order valence-electron chi connectivity index (χ0n) is 16.5. The summed E-state index contributed by atoms with van der Waals surface area (Å²) in [6.07, 6.45) is -0.632. The van der Waals surface area contributed by atoms with Crippen LogP contribution < -0.4 is 9.47 Å². The molecule has 3 aromatic rings. The quantitative estimate of drug-likeness (QED) is 0.591. The molecule has 0 spiro atoms. The summed E-state index contributed by atoms with van der Waals surface area (Å²) >= 11 is 0. The Balaban J connectivity index is 2.38. The largest absolute Gasteiger partial charge is 0.496 e. The molecule has 0 heterocycles. The molecular formula is C24H26O4. The first-order valence-electron chi connectivity index (χ1n) is 9.28. The summed E-state index contributed by atoms with van der Waals surface area (Å²) in [5, 5.41) is 10.0. The number of rotatable bonds is 8. The van der Waals surface area contributed by atoms with Gasteiger partial charge in [-0.2, -0.15) is 0 Å². The lowest BCUT2D eigenvalue weighted by atomic mass is 9.79. The van der Waals surface area contributed by atoms with Crippen molar-refractivity contribution in [3.63, 3.8) is 0 Å². The first-order chi connectivity index (χ1) is 13.6. The number of aliphatic hydroxyl groups excluding tert-OH is 1. The normalized spacial score (nSPS) is 12.4. The zero-order valence-corrected chi connectivity index (χ0v) is 16.5. The Bertz CT molecular complexity index is 842. The van der Waals surface area contributed by atoms with E-state index in [2.05, 4.69) is 0 Å². The second-order valence-corrected chi connectivity index (χ2v) is 6.61. The topological polar surface area (TPSA) is 47.9 Å². The maximum atomic E-state index is 10.0. The lowest BCUT2D eigenvalue weighted by Crippen LogP contribution is -2.36. The van der Waals surface area contributed by atoms with Crippen LogP contribution in [0.4, 0.5) is 0 Å². The Morgan fingerprint density at radius 1 is 0.750 bits per heavy atom. The molecule has 0 bridgehead atoms. The number of para-hydroxylation sites is 2. The van der Waals surface area contributed by atoms with Gasteiger partial charge in [-0.05, 0) is 24.6 Å². The van der Waals surface area contributed by atoms with Crippen LogP contribution in [0, 0.1) is 0 Å². The van der Waals surface area contributed by atoms with Crippen molar-refractivity contribution in [3.05, 3.63) is 95.6 Å².